The summed E-state index contributed by atoms with van der Waals surface area (Å²) in [5, 5.41) is 0. The normalized spacial score (nSPS) is 28.5. The maximum Gasteiger partial charge on any atom is 0.293 e. The van der Waals surface area contributed by atoms with E-state index in [0.29, 0.717) is 58.6 Å². The van der Waals surface area contributed by atoms with Gasteiger partial charge in [-0.15, -0.1) is 0 Å². The summed E-state index contributed by atoms with van der Waals surface area (Å²) in [6.45, 7) is 3.90. The molecule has 228 valence electrons. The molecule has 0 N–H and O–H groups in total. The smallest absolute Gasteiger partial charge is 0.293 e. The number of piperidine rings is 1. The molecule has 2 unspecified atom stereocenters. The van der Waals surface area contributed by atoms with Crippen molar-refractivity contribution in [2.75, 3.05) is 56.3 Å². The maximum absolute atomic E-state index is 14.9. The zero-order valence-electron chi connectivity index (χ0n) is 25.4. The second-order valence-corrected chi connectivity index (χ2v) is 10.8. The third-order valence-corrected chi connectivity index (χ3v) is 9.26. The monoisotopic (exact) mass is 586 g/mol. The van der Waals surface area contributed by atoms with Crippen molar-refractivity contribution in [2.45, 2.75) is 44.4 Å². The molecule has 6 atom stereocenters. The van der Waals surface area contributed by atoms with Crippen molar-refractivity contribution in [2.24, 2.45) is 11.8 Å². The number of carbonyl (C=O) groups excluding carboxylic acids is 3. The first-order chi connectivity index (χ1) is 20.2. The molecule has 0 saturated carbocycles. The standard InChI is InChI=1S/C30H38N2O10/c1-13-24(36-4)15-10-16-30(35)32-17(11-42-12-33)19-20(25(37-5)14(2)27(39-7)29(19)41-9)23(34)22(32)21(31(16)3)18(15)28(40-8)26(13)38-6/h12,14,16-17,19,21-22H,10-11H2,1-9H3/t14?,16-,17-,19?,21-,22+/m0/s1. The summed E-state index contributed by atoms with van der Waals surface area (Å²) in [6, 6.07) is -3.04. The highest BCUT2D eigenvalue weighted by Gasteiger charge is 2.63. The second-order valence-electron chi connectivity index (χ2n) is 10.8. The Hall–Kier alpha value is -3.93. The Morgan fingerprint density at radius 3 is 2.00 bits per heavy atom. The molecule has 1 amide bonds. The first-order valence-corrected chi connectivity index (χ1v) is 13.7. The van der Waals surface area contributed by atoms with E-state index in [1.54, 1.807) is 26.2 Å². The third-order valence-electron chi connectivity index (χ3n) is 9.26. The predicted octanol–water partition coefficient (Wildman–Crippen LogP) is 1.92. The number of carbonyl (C=O) groups is 3. The Kier molecular flexibility index (Phi) is 7.78. The Labute approximate surface area is 245 Å². The molecule has 12 heteroatoms. The molecule has 3 aliphatic heterocycles. The van der Waals surface area contributed by atoms with Crippen LogP contribution in [0.25, 0.3) is 0 Å². The minimum atomic E-state index is -1.00. The van der Waals surface area contributed by atoms with Gasteiger partial charge in [-0.25, -0.2) is 0 Å². The fourth-order valence-electron chi connectivity index (χ4n) is 7.67. The van der Waals surface area contributed by atoms with E-state index in [9.17, 15) is 14.4 Å². The molecule has 5 rings (SSSR count). The number of benzene rings is 1. The van der Waals surface area contributed by atoms with Crippen LogP contribution in [0.3, 0.4) is 0 Å². The number of ketones is 1. The molecule has 2 saturated heterocycles. The van der Waals surface area contributed by atoms with Gasteiger partial charge < -0.3 is 38.1 Å². The van der Waals surface area contributed by atoms with Gasteiger partial charge in [-0.05, 0) is 20.9 Å². The van der Waals surface area contributed by atoms with E-state index in [0.717, 1.165) is 11.1 Å². The molecule has 0 radical (unpaired) electrons. The summed E-state index contributed by atoms with van der Waals surface area (Å²) >= 11 is 0. The highest BCUT2D eigenvalue weighted by molar-refractivity contribution is 6.07. The molecule has 1 aromatic rings. The van der Waals surface area contributed by atoms with Crippen LogP contribution in [0, 0.1) is 18.8 Å². The van der Waals surface area contributed by atoms with Gasteiger partial charge in [0.2, 0.25) is 5.91 Å². The number of nitrogens with zero attached hydrogens (tertiary/aromatic N) is 2. The van der Waals surface area contributed by atoms with Gasteiger partial charge in [0.25, 0.3) is 6.47 Å². The molecule has 1 aromatic carbocycles. The van der Waals surface area contributed by atoms with Gasteiger partial charge in [-0.1, -0.05) is 0 Å². The quantitative estimate of drug-likeness (QED) is 0.395. The van der Waals surface area contributed by atoms with Gasteiger partial charge in [-0.3, -0.25) is 19.3 Å². The Morgan fingerprint density at radius 1 is 0.833 bits per heavy atom. The number of ether oxygens (including phenoxy) is 7. The number of rotatable bonds is 9. The minimum absolute atomic E-state index is 0.171. The average Bonchev–Trinajstić information content (AvgIpc) is 2.98. The van der Waals surface area contributed by atoms with Gasteiger partial charge in [0.05, 0.1) is 72.6 Å². The van der Waals surface area contributed by atoms with Crippen molar-refractivity contribution in [1.29, 1.82) is 0 Å². The zero-order valence-corrected chi connectivity index (χ0v) is 25.4. The van der Waals surface area contributed by atoms with Crippen LogP contribution in [-0.2, 0) is 39.8 Å². The van der Waals surface area contributed by atoms with Crippen LogP contribution in [0.2, 0.25) is 0 Å². The second kappa shape index (κ2) is 11.0. The average molecular weight is 587 g/mol. The third kappa shape index (κ3) is 3.80. The topological polar surface area (TPSA) is 122 Å². The number of piperazine rings is 1. The Bertz CT molecular complexity index is 1380. The highest BCUT2D eigenvalue weighted by Crippen LogP contribution is 2.56. The predicted molar refractivity (Wildman–Crippen MR) is 148 cm³/mol. The lowest BCUT2D eigenvalue weighted by Crippen LogP contribution is -2.73. The number of fused-ring (bicyclic) bond motifs is 7. The fourth-order valence-corrected chi connectivity index (χ4v) is 7.67. The van der Waals surface area contributed by atoms with Crippen molar-refractivity contribution < 1.29 is 47.5 Å². The number of hydrogen-bond acceptors (Lipinski definition) is 11. The van der Waals surface area contributed by atoms with Gasteiger partial charge in [0.15, 0.2) is 17.3 Å². The zero-order chi connectivity index (χ0) is 30.6. The lowest BCUT2D eigenvalue weighted by atomic mass is 9.68. The van der Waals surface area contributed by atoms with E-state index in [4.69, 9.17) is 33.2 Å². The van der Waals surface area contributed by atoms with E-state index >= 15 is 0 Å². The molecule has 12 nitrogen and oxygen atoms in total. The van der Waals surface area contributed by atoms with Crippen molar-refractivity contribution >= 4 is 18.2 Å². The highest BCUT2D eigenvalue weighted by atomic mass is 16.5. The van der Waals surface area contributed by atoms with E-state index in [1.165, 1.54) is 21.3 Å². The summed E-state index contributed by atoms with van der Waals surface area (Å²) in [5.41, 5.74) is 2.60. The summed E-state index contributed by atoms with van der Waals surface area (Å²) < 4.78 is 40.3. The van der Waals surface area contributed by atoms with Crippen molar-refractivity contribution in [1.82, 2.24) is 9.80 Å². The van der Waals surface area contributed by atoms with Crippen LogP contribution in [0.5, 0.6) is 17.2 Å². The van der Waals surface area contributed by atoms with Crippen molar-refractivity contribution in [3.05, 3.63) is 39.5 Å². The van der Waals surface area contributed by atoms with E-state index in [1.807, 2.05) is 25.8 Å². The van der Waals surface area contributed by atoms with Gasteiger partial charge in [-0.2, -0.15) is 0 Å². The van der Waals surface area contributed by atoms with E-state index in [-0.39, 0.29) is 18.3 Å². The van der Waals surface area contributed by atoms with Gasteiger partial charge in [0.1, 0.15) is 35.7 Å². The SMILES string of the molecule is COC1=C(OC)C2C(=C(OC)C1C)C(=O)[C@H]1[C@@H]3c4c(c(OC)c(C)c(OC)c4OC)C[C@@H](C(=O)N1[C@H]2COC=O)N3C. The number of amides is 1. The molecule has 1 aliphatic carbocycles. The molecule has 0 spiro atoms. The van der Waals surface area contributed by atoms with Crippen molar-refractivity contribution in [3.63, 3.8) is 0 Å². The van der Waals surface area contributed by atoms with Crippen LogP contribution in [-0.4, -0.2) is 102 Å². The molecule has 3 heterocycles. The molecule has 42 heavy (non-hydrogen) atoms. The Morgan fingerprint density at radius 2 is 1.45 bits per heavy atom. The first-order valence-electron chi connectivity index (χ1n) is 13.7. The summed E-state index contributed by atoms with van der Waals surface area (Å²) in [4.78, 5) is 44.3. The van der Waals surface area contributed by atoms with Gasteiger partial charge in [0, 0.05) is 28.7 Å². The molecule has 2 fully saturated rings. The number of hydrogen-bond donors (Lipinski definition) is 0. The fraction of sp³-hybridized carbons (Fsp3) is 0.567. The molecule has 2 bridgehead atoms. The van der Waals surface area contributed by atoms with Crippen LogP contribution >= 0.6 is 0 Å². The summed E-state index contributed by atoms with van der Waals surface area (Å²) in [5.74, 6) is 1.05. The molecule has 0 aromatic heterocycles. The first kappa shape index (κ1) is 29.6. The molecular formula is C30H38N2O10. The lowest BCUT2D eigenvalue weighted by Gasteiger charge is -2.58. The maximum atomic E-state index is 14.9. The van der Waals surface area contributed by atoms with Gasteiger partial charge >= 0.3 is 0 Å². The largest absolute Gasteiger partial charge is 0.500 e. The lowest BCUT2D eigenvalue weighted by molar-refractivity contribution is -0.168. The van der Waals surface area contributed by atoms with Crippen LogP contribution in [0.1, 0.15) is 29.7 Å². The number of methoxy groups -OCH3 is 6. The van der Waals surface area contributed by atoms with Crippen molar-refractivity contribution in [3.8, 4) is 17.2 Å². The van der Waals surface area contributed by atoms with E-state index < -0.39 is 36.0 Å². The number of likely N-dealkylation sites (N-methyl/N-ethyl adjacent to an activating group) is 1. The number of Topliss-reactive ketones (excluding diaryl/α,β-unsaturated/α-hetero) is 1. The summed E-state index contributed by atoms with van der Waals surface area (Å²) in [6.07, 6.45) is 0.314. The molecule has 4 aliphatic rings. The molecular weight excluding hydrogens is 548 g/mol. The van der Waals surface area contributed by atoms with E-state index in [2.05, 4.69) is 0 Å². The van der Waals surface area contributed by atoms with Crippen LogP contribution in [0.15, 0.2) is 22.9 Å². The minimum Gasteiger partial charge on any atom is -0.500 e. The van der Waals surface area contributed by atoms with Crippen LogP contribution in [0.4, 0.5) is 0 Å². The van der Waals surface area contributed by atoms with Crippen LogP contribution < -0.4 is 14.2 Å². The summed E-state index contributed by atoms with van der Waals surface area (Å²) in [7, 11) is 11.0. The Balaban J connectivity index is 1.83.